The molecule has 0 fully saturated rings. The molecule has 0 aromatic heterocycles. The van der Waals surface area contributed by atoms with Crippen LogP contribution >= 0.6 is 0 Å². The quantitative estimate of drug-likeness (QED) is 0.0530. The molecule has 0 aromatic rings. The smallest absolute Gasteiger partial charge is 0.220 e. The van der Waals surface area contributed by atoms with E-state index in [-0.39, 0.29) is 12.5 Å². The molecule has 5 heteroatoms. The van der Waals surface area contributed by atoms with Crippen LogP contribution in [-0.2, 0) is 4.79 Å². The average Bonchev–Trinajstić information content (AvgIpc) is 2.94. The molecule has 5 nitrogen and oxygen atoms in total. The van der Waals surface area contributed by atoms with E-state index in [0.717, 1.165) is 44.9 Å². The second kappa shape index (κ2) is 30.1. The normalized spacial score (nSPS) is 14.1. The summed E-state index contributed by atoms with van der Waals surface area (Å²) in [5.41, 5.74) is 0. The van der Waals surface area contributed by atoms with E-state index in [9.17, 15) is 20.1 Å². The third kappa shape index (κ3) is 25.8. The summed E-state index contributed by atoms with van der Waals surface area (Å²) in [6, 6.07) is -0.807. The van der Waals surface area contributed by atoms with Crippen molar-refractivity contribution in [1.82, 2.24) is 5.32 Å². The molecule has 0 saturated heterocycles. The summed E-state index contributed by atoms with van der Waals surface area (Å²) >= 11 is 0. The largest absolute Gasteiger partial charge is 0.394 e. The van der Waals surface area contributed by atoms with Crippen molar-refractivity contribution in [3.05, 3.63) is 12.2 Å². The van der Waals surface area contributed by atoms with Crippen LogP contribution in [0.2, 0.25) is 0 Å². The summed E-state index contributed by atoms with van der Waals surface area (Å²) in [6.45, 7) is 4.11. The number of aliphatic hydroxyl groups excluding tert-OH is 3. The number of carbonyl (C=O) groups excluding carboxylic acids is 1. The number of allylic oxidation sites excluding steroid dienone is 2. The van der Waals surface area contributed by atoms with Crippen molar-refractivity contribution >= 4 is 5.91 Å². The van der Waals surface area contributed by atoms with Crippen molar-refractivity contribution in [1.29, 1.82) is 0 Å². The number of hydrogen-bond donors (Lipinski definition) is 4. The van der Waals surface area contributed by atoms with Crippen LogP contribution in [0.15, 0.2) is 12.2 Å². The number of unbranched alkanes of at least 4 members (excludes halogenated alkanes) is 20. The van der Waals surface area contributed by atoms with Crippen LogP contribution in [0.5, 0.6) is 0 Å². The Labute approximate surface area is 242 Å². The van der Waals surface area contributed by atoms with Crippen molar-refractivity contribution in [2.45, 2.75) is 193 Å². The Morgan fingerprint density at radius 1 is 0.615 bits per heavy atom. The van der Waals surface area contributed by atoms with Gasteiger partial charge >= 0.3 is 0 Å². The first-order valence-corrected chi connectivity index (χ1v) is 17.0. The van der Waals surface area contributed by atoms with E-state index in [0.29, 0.717) is 12.8 Å². The van der Waals surface area contributed by atoms with Crippen molar-refractivity contribution in [2.75, 3.05) is 6.61 Å². The van der Waals surface area contributed by atoms with Gasteiger partial charge in [0.25, 0.3) is 0 Å². The first-order chi connectivity index (χ1) is 19.1. The fourth-order valence-electron chi connectivity index (χ4n) is 5.14. The van der Waals surface area contributed by atoms with Gasteiger partial charge in [0.15, 0.2) is 0 Å². The van der Waals surface area contributed by atoms with Crippen molar-refractivity contribution in [3.8, 4) is 0 Å². The highest BCUT2D eigenvalue weighted by Gasteiger charge is 2.26. The minimum Gasteiger partial charge on any atom is -0.394 e. The Hall–Kier alpha value is -0.910. The molecule has 0 radical (unpaired) electrons. The summed E-state index contributed by atoms with van der Waals surface area (Å²) in [5.74, 6) is -0.157. The van der Waals surface area contributed by atoms with Gasteiger partial charge in [-0.05, 0) is 32.1 Å². The highest BCUT2D eigenvalue weighted by Crippen LogP contribution is 2.15. The summed E-state index contributed by atoms with van der Waals surface area (Å²) < 4.78 is 0. The van der Waals surface area contributed by atoms with Crippen molar-refractivity contribution in [2.24, 2.45) is 0 Å². The van der Waals surface area contributed by atoms with E-state index in [1.54, 1.807) is 0 Å². The third-order valence-electron chi connectivity index (χ3n) is 7.87. The maximum absolute atomic E-state index is 12.3. The molecular weight excluding hydrogens is 486 g/mol. The number of rotatable bonds is 30. The molecule has 0 heterocycles. The maximum Gasteiger partial charge on any atom is 0.220 e. The van der Waals surface area contributed by atoms with E-state index in [2.05, 4.69) is 31.3 Å². The van der Waals surface area contributed by atoms with Gasteiger partial charge in [0.2, 0.25) is 5.91 Å². The molecule has 39 heavy (non-hydrogen) atoms. The first-order valence-electron chi connectivity index (χ1n) is 17.0. The molecule has 1 amide bonds. The van der Waals surface area contributed by atoms with Crippen LogP contribution in [0.25, 0.3) is 0 Å². The summed E-state index contributed by atoms with van der Waals surface area (Å²) in [7, 11) is 0. The van der Waals surface area contributed by atoms with Crippen LogP contribution in [0.3, 0.4) is 0 Å². The van der Waals surface area contributed by atoms with Crippen molar-refractivity contribution in [3.63, 3.8) is 0 Å². The number of amides is 1. The van der Waals surface area contributed by atoms with Crippen molar-refractivity contribution < 1.29 is 20.1 Å². The molecule has 0 spiro atoms. The van der Waals surface area contributed by atoms with Crippen LogP contribution < -0.4 is 5.32 Å². The van der Waals surface area contributed by atoms with Gasteiger partial charge in [-0.2, -0.15) is 0 Å². The molecule has 0 aliphatic carbocycles. The first kappa shape index (κ1) is 38.1. The van der Waals surface area contributed by atoms with Gasteiger partial charge in [0.05, 0.1) is 18.8 Å². The van der Waals surface area contributed by atoms with Gasteiger partial charge in [-0.15, -0.1) is 0 Å². The zero-order chi connectivity index (χ0) is 28.8. The molecule has 0 aromatic carbocycles. The fourth-order valence-corrected chi connectivity index (χ4v) is 5.14. The van der Waals surface area contributed by atoms with Crippen LogP contribution in [-0.4, -0.2) is 46.1 Å². The fraction of sp³-hybridized carbons (Fsp3) is 0.912. The minimum absolute atomic E-state index is 0.157. The Bertz CT molecular complexity index is 539. The standard InChI is InChI=1S/C34H67NO4/c1-3-5-7-9-11-13-15-16-17-19-20-22-24-26-28-32(37)34(39)31(30-36)35-33(38)29-27-25-23-21-18-14-12-10-8-6-4-2/h10,12,31-32,34,36-37,39H,3-9,11,13-30H2,1-2H3,(H,35,38)/b12-10-. The maximum atomic E-state index is 12.3. The van der Waals surface area contributed by atoms with E-state index >= 15 is 0 Å². The lowest BCUT2D eigenvalue weighted by molar-refractivity contribution is -0.124. The third-order valence-corrected chi connectivity index (χ3v) is 7.87. The molecule has 3 atom stereocenters. The van der Waals surface area contributed by atoms with Crippen LogP contribution in [0.1, 0.15) is 174 Å². The molecule has 0 bridgehead atoms. The summed E-state index contributed by atoms with van der Waals surface area (Å²) in [6.07, 6.45) is 31.5. The molecule has 232 valence electrons. The van der Waals surface area contributed by atoms with Gasteiger partial charge in [0, 0.05) is 6.42 Å². The molecular formula is C34H67NO4. The summed E-state index contributed by atoms with van der Waals surface area (Å²) in [4.78, 5) is 12.3. The highest BCUT2D eigenvalue weighted by molar-refractivity contribution is 5.76. The summed E-state index contributed by atoms with van der Waals surface area (Å²) in [5, 5.41) is 33.2. The van der Waals surface area contributed by atoms with Gasteiger partial charge < -0.3 is 20.6 Å². The molecule has 0 aliphatic rings. The van der Waals surface area contributed by atoms with Crippen LogP contribution in [0, 0.1) is 0 Å². The zero-order valence-electron chi connectivity index (χ0n) is 26.0. The SMILES string of the molecule is CCCC/C=C\CCCCCCCC(=O)NC(CO)C(O)C(O)CCCCCCCCCCCCCCCC. The van der Waals surface area contributed by atoms with Crippen LogP contribution in [0.4, 0.5) is 0 Å². The van der Waals surface area contributed by atoms with E-state index < -0.39 is 18.2 Å². The topological polar surface area (TPSA) is 89.8 Å². The predicted octanol–water partition coefficient (Wildman–Crippen LogP) is 8.53. The van der Waals surface area contributed by atoms with E-state index in [1.807, 2.05) is 0 Å². The Morgan fingerprint density at radius 2 is 1.05 bits per heavy atom. The highest BCUT2D eigenvalue weighted by atomic mass is 16.3. The lowest BCUT2D eigenvalue weighted by Crippen LogP contribution is -2.50. The second-order valence-electron chi connectivity index (χ2n) is 11.7. The molecule has 3 unspecified atom stereocenters. The second-order valence-corrected chi connectivity index (χ2v) is 11.7. The minimum atomic E-state index is -1.13. The predicted molar refractivity (Wildman–Crippen MR) is 167 cm³/mol. The monoisotopic (exact) mass is 554 g/mol. The van der Waals surface area contributed by atoms with Gasteiger partial charge in [-0.25, -0.2) is 0 Å². The molecule has 0 rings (SSSR count). The molecule has 0 aliphatic heterocycles. The van der Waals surface area contributed by atoms with Gasteiger partial charge in [-0.1, -0.05) is 148 Å². The lowest BCUT2D eigenvalue weighted by Gasteiger charge is -2.26. The number of hydrogen-bond acceptors (Lipinski definition) is 4. The number of nitrogens with one attached hydrogen (secondary N) is 1. The molecule has 0 saturated carbocycles. The van der Waals surface area contributed by atoms with Gasteiger partial charge in [0.1, 0.15) is 6.10 Å². The number of aliphatic hydroxyl groups is 3. The van der Waals surface area contributed by atoms with E-state index in [1.165, 1.54) is 103 Å². The average molecular weight is 554 g/mol. The number of carbonyl (C=O) groups is 1. The Morgan fingerprint density at radius 3 is 1.56 bits per heavy atom. The zero-order valence-corrected chi connectivity index (χ0v) is 26.0. The lowest BCUT2D eigenvalue weighted by atomic mass is 9.99. The molecule has 4 N–H and O–H groups in total. The Balaban J connectivity index is 3.72. The Kier molecular flexibility index (Phi) is 29.4. The van der Waals surface area contributed by atoms with Gasteiger partial charge in [-0.3, -0.25) is 4.79 Å². The van der Waals surface area contributed by atoms with E-state index in [4.69, 9.17) is 0 Å².